The van der Waals surface area contributed by atoms with Crippen LogP contribution < -0.4 is 0 Å². The molecule has 5 nitrogen and oxygen atoms in total. The van der Waals surface area contributed by atoms with Crippen LogP contribution in [0.1, 0.15) is 66.2 Å². The molecule has 4 rings (SSSR count). The van der Waals surface area contributed by atoms with Gasteiger partial charge >= 0.3 is 5.97 Å². The molecular formula is C24H32O5. The monoisotopic (exact) mass is 400 g/mol. The van der Waals surface area contributed by atoms with Crippen molar-refractivity contribution in [1.29, 1.82) is 0 Å². The fourth-order valence-corrected chi connectivity index (χ4v) is 7.07. The third kappa shape index (κ3) is 2.73. The minimum absolute atomic E-state index is 0.0656. The molecule has 2 fully saturated rings. The average molecular weight is 401 g/mol. The molecule has 0 aliphatic heterocycles. The van der Waals surface area contributed by atoms with E-state index in [9.17, 15) is 19.5 Å². The molecule has 2 saturated carbocycles. The van der Waals surface area contributed by atoms with E-state index in [0.717, 1.165) is 25.7 Å². The summed E-state index contributed by atoms with van der Waals surface area (Å²) in [6, 6.07) is 0. The van der Waals surface area contributed by atoms with E-state index >= 15 is 0 Å². The Balaban J connectivity index is 1.70. The quantitative estimate of drug-likeness (QED) is 0.579. The van der Waals surface area contributed by atoms with Crippen LogP contribution in [-0.2, 0) is 19.1 Å². The highest BCUT2D eigenvalue weighted by atomic mass is 16.5. The van der Waals surface area contributed by atoms with E-state index in [1.165, 1.54) is 18.1 Å². The third-order valence-corrected chi connectivity index (χ3v) is 8.75. The highest BCUT2D eigenvalue weighted by Crippen LogP contribution is 2.66. The number of carbonyl (C=O) groups excluding carboxylic acids is 3. The molecule has 1 N–H and O–H groups in total. The summed E-state index contributed by atoms with van der Waals surface area (Å²) in [7, 11) is 0. The van der Waals surface area contributed by atoms with Gasteiger partial charge in [-0.25, -0.2) is 0 Å². The van der Waals surface area contributed by atoms with Crippen molar-refractivity contribution in [2.45, 2.75) is 71.8 Å². The first kappa shape index (κ1) is 20.5. The molecule has 0 saturated heterocycles. The second kappa shape index (κ2) is 6.63. The topological polar surface area (TPSA) is 80.7 Å². The van der Waals surface area contributed by atoms with E-state index in [1.807, 2.05) is 19.9 Å². The fourth-order valence-electron chi connectivity index (χ4n) is 7.07. The van der Waals surface area contributed by atoms with Gasteiger partial charge in [-0.15, -0.1) is 0 Å². The average Bonchev–Trinajstić information content (AvgIpc) is 2.88. The van der Waals surface area contributed by atoms with Crippen LogP contribution in [0.4, 0.5) is 0 Å². The van der Waals surface area contributed by atoms with Gasteiger partial charge in [-0.2, -0.15) is 0 Å². The summed E-state index contributed by atoms with van der Waals surface area (Å²) in [5.74, 6) is -0.315. The zero-order valence-corrected chi connectivity index (χ0v) is 17.9. The van der Waals surface area contributed by atoms with E-state index in [2.05, 4.69) is 13.0 Å². The summed E-state index contributed by atoms with van der Waals surface area (Å²) < 4.78 is 4.95. The summed E-state index contributed by atoms with van der Waals surface area (Å²) >= 11 is 0. The molecule has 0 amide bonds. The Bertz CT molecular complexity index is 838. The zero-order chi connectivity index (χ0) is 21.2. The van der Waals surface area contributed by atoms with Gasteiger partial charge in [0.2, 0.25) is 5.78 Å². The van der Waals surface area contributed by atoms with Gasteiger partial charge in [-0.3, -0.25) is 14.4 Å². The molecule has 0 radical (unpaired) electrons. The van der Waals surface area contributed by atoms with Crippen LogP contribution in [0, 0.1) is 28.6 Å². The summed E-state index contributed by atoms with van der Waals surface area (Å²) in [5, 5.41) is 11.7. The Morgan fingerprint density at radius 2 is 2.00 bits per heavy atom. The van der Waals surface area contributed by atoms with Crippen LogP contribution in [0.3, 0.4) is 0 Å². The smallest absolute Gasteiger partial charge is 0.303 e. The summed E-state index contributed by atoms with van der Waals surface area (Å²) in [4.78, 5) is 36.2. The van der Waals surface area contributed by atoms with Gasteiger partial charge in [0.05, 0.1) is 0 Å². The van der Waals surface area contributed by atoms with Gasteiger partial charge in [0, 0.05) is 24.2 Å². The maximum atomic E-state index is 13.0. The number of aliphatic hydroxyl groups is 1. The normalized spacial score (nSPS) is 43.5. The molecule has 158 valence electrons. The van der Waals surface area contributed by atoms with Crippen LogP contribution in [0.5, 0.6) is 0 Å². The number of hydrogen-bond acceptors (Lipinski definition) is 5. The second-order valence-corrected chi connectivity index (χ2v) is 10.1. The number of ketones is 2. The van der Waals surface area contributed by atoms with E-state index in [1.54, 1.807) is 0 Å². The Labute approximate surface area is 172 Å². The lowest BCUT2D eigenvalue weighted by Gasteiger charge is -2.54. The van der Waals surface area contributed by atoms with Gasteiger partial charge in [-0.1, -0.05) is 38.0 Å². The first-order chi connectivity index (χ1) is 13.5. The van der Waals surface area contributed by atoms with E-state index in [-0.39, 0.29) is 35.4 Å². The minimum Gasteiger partial charge on any atom is -0.458 e. The third-order valence-electron chi connectivity index (χ3n) is 8.75. The predicted molar refractivity (Wildman–Crippen MR) is 108 cm³/mol. The number of ether oxygens (including phenoxy) is 1. The Morgan fingerprint density at radius 3 is 2.69 bits per heavy atom. The number of hydrogen-bond donors (Lipinski definition) is 1. The molecule has 0 heterocycles. The maximum Gasteiger partial charge on any atom is 0.303 e. The Kier molecular flexibility index (Phi) is 4.69. The maximum absolute atomic E-state index is 13.0. The summed E-state index contributed by atoms with van der Waals surface area (Å²) in [5.41, 5.74) is 0.541. The number of fused-ring (bicyclic) bond motifs is 5. The number of carbonyl (C=O) groups is 3. The molecular weight excluding hydrogens is 368 g/mol. The molecule has 5 heteroatoms. The van der Waals surface area contributed by atoms with Gasteiger partial charge in [0.25, 0.3) is 0 Å². The van der Waals surface area contributed by atoms with Gasteiger partial charge in [-0.05, 0) is 55.9 Å². The lowest BCUT2D eigenvalue weighted by Crippen LogP contribution is -2.57. The van der Waals surface area contributed by atoms with Gasteiger partial charge in [0.15, 0.2) is 12.4 Å². The molecule has 0 spiro atoms. The van der Waals surface area contributed by atoms with Crippen LogP contribution >= 0.6 is 0 Å². The predicted octanol–water partition coefficient (Wildman–Crippen LogP) is 3.55. The molecule has 0 bridgehead atoms. The lowest BCUT2D eigenvalue weighted by molar-refractivity contribution is -0.167. The highest BCUT2D eigenvalue weighted by molar-refractivity contribution is 5.92. The fraction of sp³-hybridized carbons (Fsp3) is 0.708. The number of Topliss-reactive ketones (excluding diaryl/α,β-unsaturated/α-hetero) is 1. The first-order valence-corrected chi connectivity index (χ1v) is 10.9. The molecule has 0 aromatic heterocycles. The van der Waals surface area contributed by atoms with Crippen LogP contribution in [0.2, 0.25) is 0 Å². The Morgan fingerprint density at radius 1 is 1.28 bits per heavy atom. The van der Waals surface area contributed by atoms with Crippen molar-refractivity contribution in [3.63, 3.8) is 0 Å². The molecule has 4 aliphatic carbocycles. The van der Waals surface area contributed by atoms with Crippen molar-refractivity contribution < 1.29 is 24.2 Å². The molecule has 4 aliphatic rings. The molecule has 6 atom stereocenters. The zero-order valence-electron chi connectivity index (χ0n) is 17.9. The van der Waals surface area contributed by atoms with E-state index < -0.39 is 17.0 Å². The highest BCUT2D eigenvalue weighted by Gasteiger charge is 2.67. The number of rotatable bonds is 3. The lowest BCUT2D eigenvalue weighted by atomic mass is 9.50. The standard InChI is InChI=1S/C24H32O5/c1-14-11-20-18-6-5-16-12-17(26)7-9-22(16,3)19(18)8-10-23(20,4)24(14,28)21(27)13-29-15(2)25/h8,12,14,18,20,28H,5-7,9-11,13H2,1-4H3/t14?,18-,20+,22+,23+,24+/m1/s1. The number of allylic oxidation sites excluding steroid dienone is 4. The summed E-state index contributed by atoms with van der Waals surface area (Å²) in [6.45, 7) is 7.16. The van der Waals surface area contributed by atoms with Crippen molar-refractivity contribution >= 4 is 17.5 Å². The van der Waals surface area contributed by atoms with Gasteiger partial charge < -0.3 is 9.84 Å². The van der Waals surface area contributed by atoms with Crippen LogP contribution in [-0.4, -0.2) is 34.9 Å². The largest absolute Gasteiger partial charge is 0.458 e. The van der Waals surface area contributed by atoms with Crippen molar-refractivity contribution in [3.8, 4) is 0 Å². The molecule has 0 aromatic rings. The van der Waals surface area contributed by atoms with Crippen molar-refractivity contribution in [2.24, 2.45) is 28.6 Å². The van der Waals surface area contributed by atoms with Crippen molar-refractivity contribution in [1.82, 2.24) is 0 Å². The van der Waals surface area contributed by atoms with Crippen molar-refractivity contribution in [3.05, 3.63) is 23.3 Å². The molecule has 29 heavy (non-hydrogen) atoms. The van der Waals surface area contributed by atoms with Crippen molar-refractivity contribution in [2.75, 3.05) is 6.61 Å². The number of esters is 1. The van der Waals surface area contributed by atoms with Crippen LogP contribution in [0.25, 0.3) is 0 Å². The van der Waals surface area contributed by atoms with Crippen LogP contribution in [0.15, 0.2) is 23.3 Å². The molecule has 0 aromatic carbocycles. The SMILES string of the molecule is CC(=O)OCC(=O)[C@@]1(O)C(C)C[C@H]2[C@@H]3CCC4=CC(=O)CC[C@]4(C)C3=CC[C@@]21C. The van der Waals surface area contributed by atoms with Gasteiger partial charge in [0.1, 0.15) is 5.60 Å². The van der Waals surface area contributed by atoms with E-state index in [0.29, 0.717) is 18.8 Å². The molecule has 1 unspecified atom stereocenters. The minimum atomic E-state index is -1.49. The summed E-state index contributed by atoms with van der Waals surface area (Å²) in [6.07, 6.45) is 8.85. The second-order valence-electron chi connectivity index (χ2n) is 10.1. The Hall–Kier alpha value is -1.75. The first-order valence-electron chi connectivity index (χ1n) is 10.9. The van der Waals surface area contributed by atoms with E-state index in [4.69, 9.17) is 4.74 Å².